The fraction of sp³-hybridized carbons (Fsp3) is 0.462. The minimum absolute atomic E-state index is 0.0352. The summed E-state index contributed by atoms with van der Waals surface area (Å²) in [4.78, 5) is 27.0. The Morgan fingerprint density at radius 2 is 1.74 bits per heavy atom. The summed E-state index contributed by atoms with van der Waals surface area (Å²) in [7, 11) is 5.74. The van der Waals surface area contributed by atoms with E-state index in [2.05, 4.69) is 48.4 Å². The van der Waals surface area contributed by atoms with Crippen molar-refractivity contribution in [2.24, 2.45) is 5.92 Å². The van der Waals surface area contributed by atoms with Gasteiger partial charge in [0.15, 0.2) is 0 Å². The molecule has 1 saturated carbocycles. The molecule has 31 heavy (non-hydrogen) atoms. The van der Waals surface area contributed by atoms with E-state index in [4.69, 9.17) is 0 Å². The Balaban J connectivity index is 1.65. The third-order valence-corrected chi connectivity index (χ3v) is 6.85. The van der Waals surface area contributed by atoms with Gasteiger partial charge in [-0.15, -0.1) is 0 Å². The van der Waals surface area contributed by atoms with E-state index in [1.165, 1.54) is 11.1 Å². The van der Waals surface area contributed by atoms with Crippen LogP contribution < -0.4 is 10.6 Å². The number of carbonyl (C=O) groups excluding carboxylic acids is 2. The Bertz CT molecular complexity index is 931. The topological polar surface area (TPSA) is 61.4 Å². The molecule has 3 atom stereocenters. The van der Waals surface area contributed by atoms with Gasteiger partial charge in [-0.25, -0.2) is 0 Å². The summed E-state index contributed by atoms with van der Waals surface area (Å²) >= 11 is 0. The zero-order valence-corrected chi connectivity index (χ0v) is 19.6. The second-order valence-corrected chi connectivity index (χ2v) is 9.27. The molecule has 2 aromatic rings. The van der Waals surface area contributed by atoms with Gasteiger partial charge in [0.2, 0.25) is 5.91 Å². The van der Waals surface area contributed by atoms with Crippen LogP contribution >= 0.6 is 0 Å². The molecule has 166 valence electrons. The van der Waals surface area contributed by atoms with Crippen molar-refractivity contribution in [2.45, 2.75) is 45.1 Å². The van der Waals surface area contributed by atoms with Gasteiger partial charge in [-0.2, -0.15) is 0 Å². The molecule has 1 fully saturated rings. The maximum atomic E-state index is 12.9. The first-order chi connectivity index (χ1) is 14.7. The minimum atomic E-state index is -0.0694. The Kier molecular flexibility index (Phi) is 6.85. The molecule has 0 spiro atoms. The summed E-state index contributed by atoms with van der Waals surface area (Å²) in [6.45, 7) is 6.88. The number of carbonyl (C=O) groups is 2. The van der Waals surface area contributed by atoms with Gasteiger partial charge >= 0.3 is 0 Å². The molecule has 2 aromatic carbocycles. The molecule has 2 amide bonds. The Labute approximate surface area is 186 Å². The summed E-state index contributed by atoms with van der Waals surface area (Å²) in [6, 6.07) is 14.4. The average Bonchev–Trinajstić information content (AvgIpc) is 3.45. The normalized spacial score (nSPS) is 20.9. The van der Waals surface area contributed by atoms with E-state index in [0.29, 0.717) is 12.1 Å². The van der Waals surface area contributed by atoms with Gasteiger partial charge in [0.1, 0.15) is 0 Å². The van der Waals surface area contributed by atoms with Crippen molar-refractivity contribution in [1.29, 1.82) is 0 Å². The van der Waals surface area contributed by atoms with Crippen molar-refractivity contribution in [2.75, 3.05) is 27.7 Å². The summed E-state index contributed by atoms with van der Waals surface area (Å²) < 4.78 is 0. The number of nitrogens with one attached hydrogen (secondary N) is 2. The molecule has 2 N–H and O–H groups in total. The highest BCUT2D eigenvalue weighted by Crippen LogP contribution is 2.53. The van der Waals surface area contributed by atoms with Crippen molar-refractivity contribution in [3.8, 4) is 0 Å². The number of likely N-dealkylation sites (N-methyl/N-ethyl adjacent to an activating group) is 1. The smallest absolute Gasteiger partial charge is 0.251 e. The predicted octanol–water partition coefficient (Wildman–Crippen LogP) is 3.23. The SMILES string of the molecule is CNC(=O)c1cc(C)c(C[C@@H](CNC(=O)[C@@H]2C[C@]2(C)c2ccccc2)N(C)C)c(C)c1. The lowest BCUT2D eigenvalue weighted by Gasteiger charge is -2.26. The summed E-state index contributed by atoms with van der Waals surface area (Å²) in [5.41, 5.74) is 5.32. The summed E-state index contributed by atoms with van der Waals surface area (Å²) in [5.74, 6) is 0.106. The molecule has 5 nitrogen and oxygen atoms in total. The van der Waals surface area contributed by atoms with E-state index >= 15 is 0 Å². The molecule has 0 aliphatic heterocycles. The van der Waals surface area contributed by atoms with Crippen molar-refractivity contribution in [3.05, 3.63) is 70.3 Å². The lowest BCUT2D eigenvalue weighted by Crippen LogP contribution is -2.42. The van der Waals surface area contributed by atoms with Gasteiger partial charge in [-0.05, 0) is 75.2 Å². The molecule has 5 heteroatoms. The van der Waals surface area contributed by atoms with Crippen LogP contribution in [0.25, 0.3) is 0 Å². The van der Waals surface area contributed by atoms with E-state index in [9.17, 15) is 9.59 Å². The number of rotatable bonds is 8. The van der Waals surface area contributed by atoms with E-state index in [1.54, 1.807) is 7.05 Å². The highest BCUT2D eigenvalue weighted by Gasteiger charge is 2.55. The number of aryl methyl sites for hydroxylation is 2. The van der Waals surface area contributed by atoms with Gasteiger partial charge in [-0.3, -0.25) is 9.59 Å². The number of nitrogens with zero attached hydrogens (tertiary/aromatic N) is 1. The summed E-state index contributed by atoms with van der Waals surface area (Å²) in [5, 5.41) is 5.89. The van der Waals surface area contributed by atoms with Crippen LogP contribution in [-0.4, -0.2) is 50.4 Å². The summed E-state index contributed by atoms with van der Waals surface area (Å²) in [6.07, 6.45) is 1.72. The number of hydrogen-bond acceptors (Lipinski definition) is 3. The highest BCUT2D eigenvalue weighted by atomic mass is 16.2. The van der Waals surface area contributed by atoms with Crippen LogP contribution in [0.1, 0.15) is 46.0 Å². The quantitative estimate of drug-likeness (QED) is 0.688. The van der Waals surface area contributed by atoms with E-state index < -0.39 is 0 Å². The molecule has 1 aliphatic rings. The second-order valence-electron chi connectivity index (χ2n) is 9.27. The van der Waals surface area contributed by atoms with Crippen LogP contribution in [0.3, 0.4) is 0 Å². The van der Waals surface area contributed by atoms with E-state index in [1.807, 2.05) is 44.4 Å². The fourth-order valence-electron chi connectivity index (χ4n) is 4.49. The lowest BCUT2D eigenvalue weighted by atomic mass is 9.93. The van der Waals surface area contributed by atoms with E-state index in [-0.39, 0.29) is 29.2 Å². The van der Waals surface area contributed by atoms with Gasteiger partial charge in [-0.1, -0.05) is 37.3 Å². The average molecular weight is 422 g/mol. The third-order valence-electron chi connectivity index (χ3n) is 6.85. The van der Waals surface area contributed by atoms with Crippen LogP contribution in [0.4, 0.5) is 0 Å². The number of amides is 2. The van der Waals surface area contributed by atoms with Crippen molar-refractivity contribution in [1.82, 2.24) is 15.5 Å². The Hall–Kier alpha value is -2.66. The van der Waals surface area contributed by atoms with Crippen LogP contribution in [-0.2, 0) is 16.6 Å². The molecule has 3 rings (SSSR count). The van der Waals surface area contributed by atoms with Crippen LogP contribution in [0, 0.1) is 19.8 Å². The van der Waals surface area contributed by atoms with E-state index in [0.717, 1.165) is 24.0 Å². The molecule has 0 aromatic heterocycles. The monoisotopic (exact) mass is 421 g/mol. The standard InChI is InChI=1S/C26H35N3O2/c1-17-12-19(24(30)27-4)13-18(2)22(17)14-21(29(5)6)16-28-25(31)23-15-26(23,3)20-10-8-7-9-11-20/h7-13,21,23H,14-16H2,1-6H3,(H,27,30)(H,28,31)/t21-,23-,26+/m0/s1. The number of benzene rings is 2. The van der Waals surface area contributed by atoms with Crippen molar-refractivity contribution >= 4 is 11.8 Å². The molecular formula is C26H35N3O2. The lowest BCUT2D eigenvalue weighted by molar-refractivity contribution is -0.122. The maximum absolute atomic E-state index is 12.9. The van der Waals surface area contributed by atoms with Gasteiger partial charge in [0.05, 0.1) is 0 Å². The van der Waals surface area contributed by atoms with Gasteiger partial charge < -0.3 is 15.5 Å². The molecule has 0 unspecified atom stereocenters. The zero-order valence-electron chi connectivity index (χ0n) is 19.6. The number of hydrogen-bond donors (Lipinski definition) is 2. The Morgan fingerprint density at radius 1 is 1.13 bits per heavy atom. The van der Waals surface area contributed by atoms with Crippen molar-refractivity contribution < 1.29 is 9.59 Å². The molecule has 0 bridgehead atoms. The third kappa shape index (κ3) is 4.99. The van der Waals surface area contributed by atoms with Gasteiger partial charge in [0, 0.05) is 36.5 Å². The second kappa shape index (κ2) is 9.23. The molecule has 0 saturated heterocycles. The first-order valence-corrected chi connectivity index (χ1v) is 11.0. The first kappa shape index (κ1) is 23.0. The van der Waals surface area contributed by atoms with Gasteiger partial charge in [0.25, 0.3) is 5.91 Å². The molecular weight excluding hydrogens is 386 g/mol. The Morgan fingerprint density at radius 3 is 2.29 bits per heavy atom. The molecule has 0 heterocycles. The van der Waals surface area contributed by atoms with Crippen LogP contribution in [0.2, 0.25) is 0 Å². The zero-order chi connectivity index (χ0) is 22.8. The van der Waals surface area contributed by atoms with Crippen LogP contribution in [0.15, 0.2) is 42.5 Å². The predicted molar refractivity (Wildman–Crippen MR) is 125 cm³/mol. The fourth-order valence-corrected chi connectivity index (χ4v) is 4.49. The largest absolute Gasteiger partial charge is 0.355 e. The van der Waals surface area contributed by atoms with Crippen molar-refractivity contribution in [3.63, 3.8) is 0 Å². The molecule has 1 aliphatic carbocycles. The van der Waals surface area contributed by atoms with Crippen LogP contribution in [0.5, 0.6) is 0 Å². The molecule has 0 radical (unpaired) electrons. The first-order valence-electron chi connectivity index (χ1n) is 11.0. The minimum Gasteiger partial charge on any atom is -0.355 e. The maximum Gasteiger partial charge on any atom is 0.251 e. The highest BCUT2D eigenvalue weighted by molar-refractivity contribution is 5.94.